The molecule has 1 atom stereocenters. The lowest BCUT2D eigenvalue weighted by atomic mass is 10.0. The molecule has 0 saturated carbocycles. The van der Waals surface area contributed by atoms with E-state index in [0.717, 1.165) is 25.1 Å². The molecule has 0 aliphatic carbocycles. The van der Waals surface area contributed by atoms with Gasteiger partial charge in [-0.05, 0) is 37.6 Å². The Bertz CT molecular complexity index is 640. The third-order valence-corrected chi connectivity index (χ3v) is 4.71. The van der Waals surface area contributed by atoms with E-state index in [0.29, 0.717) is 22.4 Å². The molecule has 0 bridgehead atoms. The second kappa shape index (κ2) is 6.03. The summed E-state index contributed by atoms with van der Waals surface area (Å²) in [5.41, 5.74) is 0.655. The molecule has 0 radical (unpaired) electrons. The number of aromatic nitrogens is 3. The van der Waals surface area contributed by atoms with Crippen LogP contribution in [0.4, 0.5) is 10.5 Å². The number of likely N-dealkylation sites (tertiary alicyclic amines) is 1. The lowest BCUT2D eigenvalue weighted by Gasteiger charge is -2.33. The number of rotatable bonds is 2. The number of hydrogen-bond acceptors (Lipinski definition) is 4. The van der Waals surface area contributed by atoms with E-state index < -0.39 is 0 Å². The quantitative estimate of drug-likeness (QED) is 0.886. The Morgan fingerprint density at radius 3 is 3.10 bits per heavy atom. The zero-order valence-electron chi connectivity index (χ0n) is 11.6. The van der Waals surface area contributed by atoms with Crippen LogP contribution in [0.5, 0.6) is 0 Å². The molecule has 0 spiro atoms. The van der Waals surface area contributed by atoms with E-state index in [4.69, 9.17) is 11.6 Å². The summed E-state index contributed by atoms with van der Waals surface area (Å²) in [4.78, 5) is 18.7. The largest absolute Gasteiger partial charge is 0.322 e. The number of aromatic amines is 1. The van der Waals surface area contributed by atoms with E-state index in [1.807, 2.05) is 12.3 Å². The van der Waals surface area contributed by atoms with Crippen molar-refractivity contribution < 1.29 is 4.79 Å². The fraction of sp³-hybridized carbons (Fsp3) is 0.462. The Balaban J connectivity index is 1.77. The van der Waals surface area contributed by atoms with Crippen molar-refractivity contribution >= 4 is 34.7 Å². The monoisotopic (exact) mass is 325 g/mol. The van der Waals surface area contributed by atoms with Crippen LogP contribution in [0, 0.1) is 6.92 Å². The van der Waals surface area contributed by atoms with Gasteiger partial charge in [-0.2, -0.15) is 5.10 Å². The third-order valence-electron chi connectivity index (χ3n) is 3.54. The molecule has 1 aliphatic heterocycles. The fourth-order valence-electron chi connectivity index (χ4n) is 2.52. The molecular formula is C13H16ClN5OS. The van der Waals surface area contributed by atoms with Gasteiger partial charge < -0.3 is 10.2 Å². The first-order valence-corrected chi connectivity index (χ1v) is 8.10. The SMILES string of the molecule is Cc1nc(C2CCCCN2C(=O)Nc2ccsc2Cl)n[nH]1. The van der Waals surface area contributed by atoms with E-state index in [9.17, 15) is 4.79 Å². The highest BCUT2D eigenvalue weighted by molar-refractivity contribution is 7.15. The van der Waals surface area contributed by atoms with Crippen LogP contribution in [0.15, 0.2) is 11.4 Å². The molecule has 2 aromatic rings. The van der Waals surface area contributed by atoms with Crippen molar-refractivity contribution in [2.75, 3.05) is 11.9 Å². The number of aryl methyl sites for hydroxylation is 1. The average Bonchev–Trinajstić information content (AvgIpc) is 3.08. The maximum atomic E-state index is 12.5. The van der Waals surface area contributed by atoms with Crippen molar-refractivity contribution in [3.63, 3.8) is 0 Å². The van der Waals surface area contributed by atoms with Crippen LogP contribution in [0.25, 0.3) is 0 Å². The first-order chi connectivity index (χ1) is 10.1. The highest BCUT2D eigenvalue weighted by Gasteiger charge is 2.31. The van der Waals surface area contributed by atoms with Gasteiger partial charge in [0, 0.05) is 6.54 Å². The Morgan fingerprint density at radius 2 is 2.43 bits per heavy atom. The predicted octanol–water partition coefficient (Wildman–Crippen LogP) is 3.59. The Hall–Kier alpha value is -1.60. The van der Waals surface area contributed by atoms with E-state index >= 15 is 0 Å². The molecule has 1 aliphatic rings. The van der Waals surface area contributed by atoms with Gasteiger partial charge in [-0.3, -0.25) is 5.10 Å². The first kappa shape index (κ1) is 14.3. The zero-order chi connectivity index (χ0) is 14.8. The van der Waals surface area contributed by atoms with Gasteiger partial charge in [0.2, 0.25) is 0 Å². The minimum Gasteiger partial charge on any atom is -0.314 e. The molecule has 21 heavy (non-hydrogen) atoms. The molecule has 2 amide bonds. The predicted molar refractivity (Wildman–Crippen MR) is 82.8 cm³/mol. The molecular weight excluding hydrogens is 310 g/mol. The summed E-state index contributed by atoms with van der Waals surface area (Å²) in [5, 5.41) is 11.8. The van der Waals surface area contributed by atoms with Crippen molar-refractivity contribution in [2.24, 2.45) is 0 Å². The van der Waals surface area contributed by atoms with Gasteiger partial charge in [-0.25, -0.2) is 9.78 Å². The van der Waals surface area contributed by atoms with E-state index in [2.05, 4.69) is 20.5 Å². The van der Waals surface area contributed by atoms with Crippen molar-refractivity contribution in [3.05, 3.63) is 27.4 Å². The molecule has 1 unspecified atom stereocenters. The van der Waals surface area contributed by atoms with Crippen molar-refractivity contribution in [2.45, 2.75) is 32.2 Å². The van der Waals surface area contributed by atoms with E-state index in [1.165, 1.54) is 11.3 Å². The van der Waals surface area contributed by atoms with Gasteiger partial charge in [-0.1, -0.05) is 11.6 Å². The molecule has 0 aromatic carbocycles. The van der Waals surface area contributed by atoms with Gasteiger partial charge in [0.05, 0.1) is 11.7 Å². The number of thiophene rings is 1. The Morgan fingerprint density at radius 1 is 1.57 bits per heavy atom. The summed E-state index contributed by atoms with van der Waals surface area (Å²) in [6.07, 6.45) is 2.94. The van der Waals surface area contributed by atoms with Crippen LogP contribution >= 0.6 is 22.9 Å². The number of urea groups is 1. The average molecular weight is 326 g/mol. The van der Waals surface area contributed by atoms with Gasteiger partial charge >= 0.3 is 6.03 Å². The number of anilines is 1. The number of carbonyl (C=O) groups is 1. The number of halogens is 1. The van der Waals surface area contributed by atoms with Crippen LogP contribution in [-0.4, -0.2) is 32.7 Å². The highest BCUT2D eigenvalue weighted by atomic mass is 35.5. The maximum Gasteiger partial charge on any atom is 0.322 e. The summed E-state index contributed by atoms with van der Waals surface area (Å²) in [5.74, 6) is 1.44. The van der Waals surface area contributed by atoms with Crippen LogP contribution in [0.1, 0.15) is 37.0 Å². The molecule has 3 rings (SSSR count). The van der Waals surface area contributed by atoms with Crippen LogP contribution in [0.2, 0.25) is 4.34 Å². The number of H-pyrrole nitrogens is 1. The Kier molecular flexibility index (Phi) is 4.12. The van der Waals surface area contributed by atoms with Crippen LogP contribution < -0.4 is 5.32 Å². The van der Waals surface area contributed by atoms with E-state index in [-0.39, 0.29) is 12.1 Å². The van der Waals surface area contributed by atoms with E-state index in [1.54, 1.807) is 11.0 Å². The molecule has 1 fully saturated rings. The molecule has 6 nitrogen and oxygen atoms in total. The number of hydrogen-bond donors (Lipinski definition) is 2. The lowest BCUT2D eigenvalue weighted by molar-refractivity contribution is 0.159. The molecule has 3 heterocycles. The second-order valence-electron chi connectivity index (χ2n) is 5.02. The number of carbonyl (C=O) groups excluding carboxylic acids is 1. The minimum atomic E-state index is -0.151. The van der Waals surface area contributed by atoms with Gasteiger partial charge in [0.25, 0.3) is 0 Å². The van der Waals surface area contributed by atoms with Gasteiger partial charge in [0.1, 0.15) is 10.2 Å². The maximum absolute atomic E-state index is 12.5. The van der Waals surface area contributed by atoms with Crippen molar-refractivity contribution in [1.29, 1.82) is 0 Å². The molecule has 112 valence electrons. The third kappa shape index (κ3) is 3.03. The van der Waals surface area contributed by atoms with Crippen molar-refractivity contribution in [3.8, 4) is 0 Å². The molecule has 1 saturated heterocycles. The summed E-state index contributed by atoms with van der Waals surface area (Å²) in [6, 6.07) is 1.57. The second-order valence-corrected chi connectivity index (χ2v) is 6.54. The van der Waals surface area contributed by atoms with Gasteiger partial charge in [-0.15, -0.1) is 11.3 Å². The molecule has 2 N–H and O–H groups in total. The minimum absolute atomic E-state index is 0.0823. The lowest BCUT2D eigenvalue weighted by Crippen LogP contribution is -2.41. The van der Waals surface area contributed by atoms with Crippen molar-refractivity contribution in [1.82, 2.24) is 20.1 Å². The standard InChI is InChI=1S/C13H16ClN5OS/c1-8-15-12(18-17-8)10-4-2-3-6-19(10)13(20)16-9-5-7-21-11(9)14/h5,7,10H,2-4,6H2,1H3,(H,16,20)(H,15,17,18). The summed E-state index contributed by atoms with van der Waals surface area (Å²) < 4.78 is 0.589. The fourth-order valence-corrected chi connectivity index (χ4v) is 3.35. The molecule has 2 aromatic heterocycles. The summed E-state index contributed by atoms with van der Waals surface area (Å²) in [6.45, 7) is 2.56. The number of nitrogens with one attached hydrogen (secondary N) is 2. The topological polar surface area (TPSA) is 73.9 Å². The Labute approximate surface area is 131 Å². The highest BCUT2D eigenvalue weighted by Crippen LogP contribution is 2.31. The number of piperidine rings is 1. The summed E-state index contributed by atoms with van der Waals surface area (Å²) >= 11 is 7.43. The normalized spacial score (nSPS) is 18.8. The number of nitrogens with zero attached hydrogens (tertiary/aromatic N) is 3. The van der Waals surface area contributed by atoms with Crippen LogP contribution in [-0.2, 0) is 0 Å². The molecule has 8 heteroatoms. The first-order valence-electron chi connectivity index (χ1n) is 6.84. The zero-order valence-corrected chi connectivity index (χ0v) is 13.2. The number of amides is 2. The van der Waals surface area contributed by atoms with Gasteiger partial charge in [0.15, 0.2) is 5.82 Å². The summed E-state index contributed by atoms with van der Waals surface area (Å²) in [7, 11) is 0. The van der Waals surface area contributed by atoms with Crippen LogP contribution in [0.3, 0.4) is 0 Å². The smallest absolute Gasteiger partial charge is 0.314 e.